The number of nitrogens with one attached hydrogen (secondary N) is 2. The summed E-state index contributed by atoms with van der Waals surface area (Å²) in [7, 11) is 0. The van der Waals surface area contributed by atoms with E-state index in [-0.39, 0.29) is 5.91 Å². The molecule has 6 rings (SSSR count). The molecule has 1 atom stereocenters. The number of rotatable bonds is 10. The Morgan fingerprint density at radius 3 is 2.32 bits per heavy atom. The molecule has 1 amide bonds. The van der Waals surface area contributed by atoms with E-state index >= 15 is 0 Å². The van der Waals surface area contributed by atoms with Crippen molar-refractivity contribution in [3.63, 3.8) is 0 Å². The predicted octanol–water partition coefficient (Wildman–Crippen LogP) is 7.74. The Kier molecular flexibility index (Phi) is 8.79. The number of aromatic nitrogens is 3. The molecule has 222 valence electrons. The van der Waals surface area contributed by atoms with Crippen LogP contribution in [-0.2, 0) is 17.0 Å². The van der Waals surface area contributed by atoms with Gasteiger partial charge < -0.3 is 15.4 Å². The minimum atomic E-state index is -0.478. The third kappa shape index (κ3) is 6.71. The fraction of sp³-hybridized carbons (Fsp3) is 0.194. The van der Waals surface area contributed by atoms with Gasteiger partial charge in [-0.1, -0.05) is 102 Å². The van der Waals surface area contributed by atoms with Crippen LogP contribution in [0.5, 0.6) is 5.75 Å². The number of ether oxygens (including phenoxy) is 1. The van der Waals surface area contributed by atoms with E-state index in [0.717, 1.165) is 46.0 Å². The SMILES string of the molecule is CC1=C(C(=O)Nc2ccc(C)cc2C)C(c2ccc(OCCc3ccccc3)cc2)n2nc(SCc3ccccc3)nc2N1. The number of carbonyl (C=O) groups is 1. The molecule has 1 aliphatic rings. The van der Waals surface area contributed by atoms with E-state index in [0.29, 0.717) is 23.3 Å². The molecular weight excluding hydrogens is 566 g/mol. The quantitative estimate of drug-likeness (QED) is 0.159. The summed E-state index contributed by atoms with van der Waals surface area (Å²) in [6.45, 7) is 6.54. The summed E-state index contributed by atoms with van der Waals surface area (Å²) in [6.07, 6.45) is 0.827. The third-order valence-corrected chi connectivity index (χ3v) is 8.53. The first kappa shape index (κ1) is 29.3. The van der Waals surface area contributed by atoms with Crippen molar-refractivity contribution in [2.75, 3.05) is 17.2 Å². The second kappa shape index (κ2) is 13.2. The highest BCUT2D eigenvalue weighted by molar-refractivity contribution is 7.98. The number of carbonyl (C=O) groups excluding carboxylic acids is 1. The van der Waals surface area contributed by atoms with Crippen molar-refractivity contribution in [2.24, 2.45) is 0 Å². The lowest BCUT2D eigenvalue weighted by Gasteiger charge is -2.29. The van der Waals surface area contributed by atoms with Gasteiger partial charge in [-0.05, 0) is 61.2 Å². The first-order valence-electron chi connectivity index (χ1n) is 14.7. The van der Waals surface area contributed by atoms with Crippen molar-refractivity contribution in [3.8, 4) is 5.75 Å². The predicted molar refractivity (Wildman–Crippen MR) is 177 cm³/mol. The number of aryl methyl sites for hydroxylation is 2. The van der Waals surface area contributed by atoms with Crippen LogP contribution >= 0.6 is 11.8 Å². The van der Waals surface area contributed by atoms with Gasteiger partial charge in [0.1, 0.15) is 11.8 Å². The number of allylic oxidation sites excluding steroid dienone is 1. The Bertz CT molecular complexity index is 1780. The standard InChI is InChI=1S/C36H35N5O2S/c1-24-14-19-31(25(2)22-24)38-34(42)32-26(3)37-35-39-36(44-23-28-12-8-5-9-13-28)40-41(35)33(32)29-15-17-30(18-16-29)43-21-20-27-10-6-4-7-11-27/h4-19,22,33H,20-21,23H2,1-3H3,(H,38,42)(H,37,39,40). The number of fused-ring (bicyclic) bond motifs is 1. The average molecular weight is 602 g/mol. The molecule has 1 unspecified atom stereocenters. The number of amides is 1. The molecule has 0 saturated carbocycles. The summed E-state index contributed by atoms with van der Waals surface area (Å²) in [5.41, 5.74) is 7.60. The summed E-state index contributed by atoms with van der Waals surface area (Å²) in [5.74, 6) is 1.94. The molecule has 4 aromatic carbocycles. The van der Waals surface area contributed by atoms with Crippen molar-refractivity contribution in [1.82, 2.24) is 14.8 Å². The van der Waals surface area contributed by atoms with E-state index in [1.165, 1.54) is 11.1 Å². The highest BCUT2D eigenvalue weighted by Gasteiger charge is 2.34. The summed E-state index contributed by atoms with van der Waals surface area (Å²) >= 11 is 1.57. The number of benzene rings is 4. The minimum Gasteiger partial charge on any atom is -0.493 e. The van der Waals surface area contributed by atoms with E-state index in [2.05, 4.69) is 41.0 Å². The number of nitrogens with zero attached hydrogens (tertiary/aromatic N) is 3. The van der Waals surface area contributed by atoms with Crippen LogP contribution in [0.1, 0.15) is 40.8 Å². The molecule has 2 N–H and O–H groups in total. The molecule has 2 heterocycles. The van der Waals surface area contributed by atoms with Crippen LogP contribution in [0.15, 0.2) is 120 Å². The maximum absolute atomic E-state index is 14.0. The molecule has 0 radical (unpaired) electrons. The Labute approximate surface area is 262 Å². The van der Waals surface area contributed by atoms with Gasteiger partial charge in [0, 0.05) is 23.6 Å². The van der Waals surface area contributed by atoms with Gasteiger partial charge in [0.2, 0.25) is 11.1 Å². The van der Waals surface area contributed by atoms with Gasteiger partial charge in [0.25, 0.3) is 5.91 Å². The van der Waals surface area contributed by atoms with E-state index in [4.69, 9.17) is 14.8 Å². The number of anilines is 2. The van der Waals surface area contributed by atoms with Gasteiger partial charge in [-0.25, -0.2) is 4.68 Å². The van der Waals surface area contributed by atoms with Gasteiger partial charge in [-0.15, -0.1) is 5.10 Å². The first-order chi connectivity index (χ1) is 21.4. The van der Waals surface area contributed by atoms with E-state index in [1.807, 2.05) is 98.2 Å². The smallest absolute Gasteiger partial charge is 0.255 e. The summed E-state index contributed by atoms with van der Waals surface area (Å²) in [4.78, 5) is 18.8. The van der Waals surface area contributed by atoms with E-state index < -0.39 is 6.04 Å². The Morgan fingerprint density at radius 1 is 0.909 bits per heavy atom. The maximum Gasteiger partial charge on any atom is 0.255 e. The van der Waals surface area contributed by atoms with Crippen molar-refractivity contribution < 1.29 is 9.53 Å². The zero-order chi connectivity index (χ0) is 30.5. The Hall–Kier alpha value is -4.82. The lowest BCUT2D eigenvalue weighted by Crippen LogP contribution is -2.31. The van der Waals surface area contributed by atoms with Gasteiger partial charge >= 0.3 is 0 Å². The Morgan fingerprint density at radius 2 is 1.61 bits per heavy atom. The zero-order valence-corrected chi connectivity index (χ0v) is 25.9. The summed E-state index contributed by atoms with van der Waals surface area (Å²) in [5, 5.41) is 12.0. The molecule has 0 fully saturated rings. The molecular formula is C36H35N5O2S. The summed E-state index contributed by atoms with van der Waals surface area (Å²) in [6, 6.07) is 34.0. The topological polar surface area (TPSA) is 81.1 Å². The van der Waals surface area contributed by atoms with E-state index in [9.17, 15) is 4.79 Å². The number of hydrogen-bond acceptors (Lipinski definition) is 6. The number of thioether (sulfide) groups is 1. The normalized spacial score (nSPS) is 14.1. The average Bonchev–Trinajstić information content (AvgIpc) is 3.44. The third-order valence-electron chi connectivity index (χ3n) is 7.62. The Balaban J connectivity index is 1.27. The highest BCUT2D eigenvalue weighted by Crippen LogP contribution is 2.38. The fourth-order valence-corrected chi connectivity index (χ4v) is 6.12. The maximum atomic E-state index is 14.0. The summed E-state index contributed by atoms with van der Waals surface area (Å²) < 4.78 is 7.88. The molecule has 7 nitrogen and oxygen atoms in total. The second-order valence-electron chi connectivity index (χ2n) is 10.9. The molecule has 0 bridgehead atoms. The number of hydrogen-bond donors (Lipinski definition) is 2. The molecule has 0 spiro atoms. The zero-order valence-electron chi connectivity index (χ0n) is 25.1. The van der Waals surface area contributed by atoms with Gasteiger partial charge in [0.05, 0.1) is 12.2 Å². The monoisotopic (exact) mass is 601 g/mol. The van der Waals surface area contributed by atoms with Crippen molar-refractivity contribution in [3.05, 3.63) is 142 Å². The van der Waals surface area contributed by atoms with Crippen LogP contribution < -0.4 is 15.4 Å². The molecule has 1 aromatic heterocycles. The van der Waals surface area contributed by atoms with Crippen LogP contribution in [0.2, 0.25) is 0 Å². The van der Waals surface area contributed by atoms with Gasteiger partial charge in [-0.2, -0.15) is 4.98 Å². The largest absolute Gasteiger partial charge is 0.493 e. The van der Waals surface area contributed by atoms with Crippen LogP contribution in [0.3, 0.4) is 0 Å². The minimum absolute atomic E-state index is 0.185. The van der Waals surface area contributed by atoms with Gasteiger partial charge in [-0.3, -0.25) is 4.79 Å². The van der Waals surface area contributed by atoms with Crippen LogP contribution in [0.4, 0.5) is 11.6 Å². The van der Waals surface area contributed by atoms with Crippen LogP contribution in [-0.4, -0.2) is 27.3 Å². The molecule has 44 heavy (non-hydrogen) atoms. The van der Waals surface area contributed by atoms with Crippen LogP contribution in [0.25, 0.3) is 0 Å². The lowest BCUT2D eigenvalue weighted by molar-refractivity contribution is -0.113. The molecule has 5 aromatic rings. The van der Waals surface area contributed by atoms with Crippen molar-refractivity contribution >= 4 is 29.3 Å². The van der Waals surface area contributed by atoms with E-state index in [1.54, 1.807) is 11.8 Å². The first-order valence-corrected chi connectivity index (χ1v) is 15.7. The molecule has 0 saturated heterocycles. The second-order valence-corrected chi connectivity index (χ2v) is 11.9. The molecule has 0 aliphatic carbocycles. The highest BCUT2D eigenvalue weighted by atomic mass is 32.2. The molecule has 1 aliphatic heterocycles. The van der Waals surface area contributed by atoms with Crippen molar-refractivity contribution in [2.45, 2.75) is 44.1 Å². The van der Waals surface area contributed by atoms with Gasteiger partial charge in [0.15, 0.2) is 0 Å². The fourth-order valence-electron chi connectivity index (χ4n) is 5.34. The lowest BCUT2D eigenvalue weighted by atomic mass is 9.94. The molecule has 8 heteroatoms. The van der Waals surface area contributed by atoms with Crippen LogP contribution in [0, 0.1) is 13.8 Å². The van der Waals surface area contributed by atoms with Crippen molar-refractivity contribution in [1.29, 1.82) is 0 Å².